The highest BCUT2D eigenvalue weighted by atomic mass is 35.5. The molecule has 4 nitrogen and oxygen atoms in total. The fourth-order valence-corrected chi connectivity index (χ4v) is 4.12. The molecule has 6 heteroatoms. The number of benzene rings is 3. The molecule has 0 N–H and O–H groups in total. The Morgan fingerprint density at radius 2 is 1.03 bits per heavy atom. The molecule has 0 spiro atoms. The molecule has 0 amide bonds. The molecule has 0 aromatic heterocycles. The van der Waals surface area contributed by atoms with E-state index in [4.69, 9.17) is 32.7 Å². The van der Waals surface area contributed by atoms with E-state index in [9.17, 15) is 9.59 Å². The number of hydrogen-bond donors (Lipinski definition) is 0. The molecule has 0 aliphatic carbocycles. The average molecular weight is 439 g/mol. The van der Waals surface area contributed by atoms with Crippen molar-refractivity contribution in [1.29, 1.82) is 0 Å². The molecule has 3 aromatic carbocycles. The SMILES string of the molecule is O=C1C[C@@H](c2ccc(Cl)cc2)Oc2cc3c(cc21)C(=O)C[C@H](c1ccc(Cl)cc1)O3. The Kier molecular flexibility index (Phi) is 4.76. The van der Waals surface area contributed by atoms with Crippen molar-refractivity contribution in [2.24, 2.45) is 0 Å². The van der Waals surface area contributed by atoms with E-state index in [0.717, 1.165) is 11.1 Å². The first-order valence-corrected chi connectivity index (χ1v) is 10.3. The van der Waals surface area contributed by atoms with Crippen LogP contribution in [0.2, 0.25) is 10.0 Å². The summed E-state index contributed by atoms with van der Waals surface area (Å²) in [7, 11) is 0. The molecular weight excluding hydrogens is 423 g/mol. The van der Waals surface area contributed by atoms with E-state index in [2.05, 4.69) is 0 Å². The lowest BCUT2D eigenvalue weighted by atomic mass is 9.91. The minimum absolute atomic E-state index is 0.0633. The summed E-state index contributed by atoms with van der Waals surface area (Å²) in [4.78, 5) is 25.6. The highest BCUT2D eigenvalue weighted by Gasteiger charge is 2.34. The smallest absolute Gasteiger partial charge is 0.170 e. The Morgan fingerprint density at radius 1 is 0.633 bits per heavy atom. The van der Waals surface area contributed by atoms with E-state index in [1.165, 1.54) is 0 Å². The largest absolute Gasteiger partial charge is 0.484 e. The van der Waals surface area contributed by atoms with Gasteiger partial charge >= 0.3 is 0 Å². The summed E-state index contributed by atoms with van der Waals surface area (Å²) in [5.41, 5.74) is 2.57. The first-order valence-electron chi connectivity index (χ1n) is 9.56. The standard InChI is InChI=1S/C24H16Cl2O4/c25-15-5-1-13(2-6-15)21-10-19(27)17-9-18-20(28)11-22(14-3-7-16(26)8-4-14)30-24(18)12-23(17)29-21/h1-9,12,21-22H,10-11H2/t21-,22+. The highest BCUT2D eigenvalue weighted by molar-refractivity contribution is 6.30. The van der Waals surface area contributed by atoms with Crippen molar-refractivity contribution in [1.82, 2.24) is 0 Å². The van der Waals surface area contributed by atoms with Crippen LogP contribution in [0.3, 0.4) is 0 Å². The van der Waals surface area contributed by atoms with Crippen molar-refractivity contribution in [3.8, 4) is 11.5 Å². The van der Waals surface area contributed by atoms with Gasteiger partial charge in [0.05, 0.1) is 24.0 Å². The molecule has 2 atom stereocenters. The van der Waals surface area contributed by atoms with Gasteiger partial charge in [0.2, 0.25) is 0 Å². The second-order valence-corrected chi connectivity index (χ2v) is 8.29. The molecule has 5 rings (SSSR count). The van der Waals surface area contributed by atoms with E-state index in [1.54, 1.807) is 36.4 Å². The maximum Gasteiger partial charge on any atom is 0.170 e. The molecule has 3 aromatic rings. The molecule has 30 heavy (non-hydrogen) atoms. The van der Waals surface area contributed by atoms with E-state index in [-0.39, 0.29) is 24.4 Å². The van der Waals surface area contributed by atoms with Crippen LogP contribution in [-0.2, 0) is 0 Å². The monoisotopic (exact) mass is 438 g/mol. The van der Waals surface area contributed by atoms with Crippen molar-refractivity contribution in [3.05, 3.63) is 93.0 Å². The zero-order valence-corrected chi connectivity index (χ0v) is 17.2. The number of ketones is 2. The summed E-state index contributed by atoms with van der Waals surface area (Å²) in [5.74, 6) is 0.724. The van der Waals surface area contributed by atoms with Crippen LogP contribution >= 0.6 is 23.2 Å². The first-order chi connectivity index (χ1) is 14.5. The van der Waals surface area contributed by atoms with Crippen molar-refractivity contribution in [3.63, 3.8) is 0 Å². The Balaban J connectivity index is 1.48. The number of halogens is 2. The lowest BCUT2D eigenvalue weighted by molar-refractivity contribution is 0.0831. The number of carbonyl (C=O) groups is 2. The van der Waals surface area contributed by atoms with Crippen LogP contribution in [0.25, 0.3) is 0 Å². The zero-order valence-electron chi connectivity index (χ0n) is 15.7. The van der Waals surface area contributed by atoms with Crippen molar-refractivity contribution in [2.45, 2.75) is 25.0 Å². The molecular formula is C24H16Cl2O4. The van der Waals surface area contributed by atoms with E-state index >= 15 is 0 Å². The van der Waals surface area contributed by atoms with Crippen molar-refractivity contribution < 1.29 is 19.1 Å². The summed E-state index contributed by atoms with van der Waals surface area (Å²) in [6.07, 6.45) is -0.413. The van der Waals surface area contributed by atoms with Crippen molar-refractivity contribution >= 4 is 34.8 Å². The molecule has 0 saturated carbocycles. The van der Waals surface area contributed by atoms with Gasteiger partial charge in [-0.05, 0) is 41.5 Å². The van der Waals surface area contributed by atoms with Crippen LogP contribution < -0.4 is 9.47 Å². The molecule has 150 valence electrons. The second kappa shape index (κ2) is 7.46. The summed E-state index contributed by atoms with van der Waals surface area (Å²) < 4.78 is 12.2. The van der Waals surface area contributed by atoms with Crippen molar-refractivity contribution in [2.75, 3.05) is 0 Å². The van der Waals surface area contributed by atoms with E-state index in [1.807, 2.05) is 24.3 Å². The maximum atomic E-state index is 12.8. The normalized spacial score (nSPS) is 20.1. The second-order valence-electron chi connectivity index (χ2n) is 7.42. The third kappa shape index (κ3) is 3.47. The Morgan fingerprint density at radius 3 is 1.43 bits per heavy atom. The van der Waals surface area contributed by atoms with Crippen LogP contribution in [-0.4, -0.2) is 11.6 Å². The van der Waals surface area contributed by atoms with Crippen LogP contribution in [0, 0.1) is 0 Å². The molecule has 0 fully saturated rings. The zero-order chi connectivity index (χ0) is 20.8. The van der Waals surface area contributed by atoms with Gasteiger partial charge in [-0.1, -0.05) is 47.5 Å². The summed E-state index contributed by atoms with van der Waals surface area (Å²) in [5, 5.41) is 1.24. The topological polar surface area (TPSA) is 52.6 Å². The first kappa shape index (κ1) is 19.2. The lowest BCUT2D eigenvalue weighted by Crippen LogP contribution is -2.24. The van der Waals surface area contributed by atoms with Gasteiger partial charge in [-0.3, -0.25) is 9.59 Å². The van der Waals surface area contributed by atoms with Crippen LogP contribution in [0.1, 0.15) is 56.9 Å². The van der Waals surface area contributed by atoms with Gasteiger partial charge in [0.25, 0.3) is 0 Å². The van der Waals surface area contributed by atoms with Gasteiger partial charge in [-0.25, -0.2) is 0 Å². The molecule has 2 aliphatic rings. The number of hydrogen-bond acceptors (Lipinski definition) is 4. The van der Waals surface area contributed by atoms with Crippen LogP contribution in [0.4, 0.5) is 0 Å². The molecule has 2 aliphatic heterocycles. The minimum Gasteiger partial charge on any atom is -0.484 e. The van der Waals surface area contributed by atoms with Gasteiger partial charge in [0, 0.05) is 16.1 Å². The fourth-order valence-electron chi connectivity index (χ4n) is 3.87. The van der Waals surface area contributed by atoms with E-state index in [0.29, 0.717) is 32.7 Å². The number of carbonyl (C=O) groups excluding carboxylic acids is 2. The van der Waals surface area contributed by atoms with Gasteiger partial charge in [-0.2, -0.15) is 0 Å². The third-order valence-corrected chi connectivity index (χ3v) is 5.95. The molecule has 0 unspecified atom stereocenters. The summed E-state index contributed by atoms with van der Waals surface area (Å²) in [6.45, 7) is 0. The summed E-state index contributed by atoms with van der Waals surface area (Å²) in [6, 6.07) is 17.7. The predicted octanol–water partition coefficient (Wildman–Crippen LogP) is 6.41. The van der Waals surface area contributed by atoms with Crippen LogP contribution in [0.5, 0.6) is 11.5 Å². The molecule has 2 heterocycles. The minimum atomic E-state index is -0.410. The third-order valence-electron chi connectivity index (χ3n) is 5.45. The van der Waals surface area contributed by atoms with Gasteiger partial charge in [0.15, 0.2) is 11.6 Å². The maximum absolute atomic E-state index is 12.8. The average Bonchev–Trinajstić information content (AvgIpc) is 2.73. The Hall–Kier alpha value is -2.82. The molecule has 0 bridgehead atoms. The number of rotatable bonds is 2. The van der Waals surface area contributed by atoms with E-state index < -0.39 is 12.2 Å². The Labute approximate surface area is 183 Å². The Bertz CT molecular complexity index is 1060. The molecule has 0 saturated heterocycles. The fraction of sp³-hybridized carbons (Fsp3) is 0.167. The predicted molar refractivity (Wildman–Crippen MR) is 114 cm³/mol. The number of Topliss-reactive ketones (excluding diaryl/α,β-unsaturated/α-hetero) is 2. The molecule has 0 radical (unpaired) electrons. The lowest BCUT2D eigenvalue weighted by Gasteiger charge is -2.30. The van der Waals surface area contributed by atoms with Gasteiger partial charge in [0.1, 0.15) is 23.7 Å². The van der Waals surface area contributed by atoms with Gasteiger partial charge in [-0.15, -0.1) is 0 Å². The summed E-state index contributed by atoms with van der Waals surface area (Å²) >= 11 is 11.9. The quantitative estimate of drug-likeness (QED) is 0.463. The number of ether oxygens (including phenoxy) is 2. The highest BCUT2D eigenvalue weighted by Crippen LogP contribution is 2.43. The van der Waals surface area contributed by atoms with Crippen LogP contribution in [0.15, 0.2) is 60.7 Å². The number of fused-ring (bicyclic) bond motifs is 2. The van der Waals surface area contributed by atoms with Gasteiger partial charge < -0.3 is 9.47 Å².